The topological polar surface area (TPSA) is 41.5 Å². The van der Waals surface area contributed by atoms with Crippen molar-refractivity contribution in [2.45, 2.75) is 51.2 Å². The van der Waals surface area contributed by atoms with Crippen molar-refractivity contribution in [1.29, 1.82) is 0 Å². The van der Waals surface area contributed by atoms with Gasteiger partial charge in [-0.15, -0.1) is 0 Å². The molecule has 0 bridgehead atoms. The number of methoxy groups -OCH3 is 1. The molecule has 2 unspecified atom stereocenters. The molecule has 0 aromatic carbocycles. The Bertz CT molecular complexity index is 160. The molecule has 3 heteroatoms. The van der Waals surface area contributed by atoms with E-state index in [1.54, 1.807) is 7.11 Å². The first-order valence-corrected chi connectivity index (χ1v) is 6.18. The zero-order chi connectivity index (χ0) is 11.1. The number of hydrogen-bond donors (Lipinski definition) is 2. The number of hydrogen-bond acceptors (Lipinski definition) is 3. The Morgan fingerprint density at radius 2 is 2.13 bits per heavy atom. The predicted molar refractivity (Wildman–Crippen MR) is 61.9 cm³/mol. The highest BCUT2D eigenvalue weighted by molar-refractivity contribution is 4.86. The van der Waals surface area contributed by atoms with Crippen LogP contribution in [-0.4, -0.2) is 37.5 Å². The molecule has 90 valence electrons. The van der Waals surface area contributed by atoms with E-state index in [9.17, 15) is 5.11 Å². The minimum atomic E-state index is -0.316. The Hall–Kier alpha value is -0.120. The van der Waals surface area contributed by atoms with E-state index in [0.717, 1.165) is 18.9 Å². The molecule has 0 aromatic heterocycles. The van der Waals surface area contributed by atoms with Crippen molar-refractivity contribution in [1.82, 2.24) is 5.32 Å². The molecule has 1 aliphatic rings. The van der Waals surface area contributed by atoms with Gasteiger partial charge in [0.2, 0.25) is 0 Å². The molecule has 1 aliphatic carbocycles. The highest BCUT2D eigenvalue weighted by Crippen LogP contribution is 2.34. The third kappa shape index (κ3) is 5.50. The van der Waals surface area contributed by atoms with Gasteiger partial charge in [-0.05, 0) is 38.1 Å². The van der Waals surface area contributed by atoms with Crippen molar-refractivity contribution >= 4 is 0 Å². The fourth-order valence-electron chi connectivity index (χ4n) is 2.03. The lowest BCUT2D eigenvalue weighted by Crippen LogP contribution is -2.33. The predicted octanol–water partition coefficient (Wildman–Crippen LogP) is 1.55. The van der Waals surface area contributed by atoms with Gasteiger partial charge in [0.1, 0.15) is 0 Å². The molecular weight excluding hydrogens is 190 g/mol. The quantitative estimate of drug-likeness (QED) is 0.613. The van der Waals surface area contributed by atoms with Crippen molar-refractivity contribution in [3.63, 3.8) is 0 Å². The van der Waals surface area contributed by atoms with Crippen molar-refractivity contribution in [2.75, 3.05) is 20.3 Å². The SMILES string of the molecule is CCCC(NCCC(O)COC)C1CC1. The van der Waals surface area contributed by atoms with Gasteiger partial charge < -0.3 is 15.2 Å². The van der Waals surface area contributed by atoms with Gasteiger partial charge in [0.15, 0.2) is 0 Å². The highest BCUT2D eigenvalue weighted by Gasteiger charge is 2.29. The average Bonchev–Trinajstić information content (AvgIpc) is 3.00. The van der Waals surface area contributed by atoms with Gasteiger partial charge in [0, 0.05) is 13.2 Å². The van der Waals surface area contributed by atoms with Crippen molar-refractivity contribution < 1.29 is 9.84 Å². The molecule has 2 N–H and O–H groups in total. The van der Waals surface area contributed by atoms with Crippen LogP contribution in [0.1, 0.15) is 39.0 Å². The molecule has 1 saturated carbocycles. The third-order valence-electron chi connectivity index (χ3n) is 3.03. The molecule has 0 radical (unpaired) electrons. The van der Waals surface area contributed by atoms with Crippen LogP contribution in [0.15, 0.2) is 0 Å². The van der Waals surface area contributed by atoms with Crippen LogP contribution in [0.5, 0.6) is 0 Å². The van der Waals surface area contributed by atoms with Crippen LogP contribution >= 0.6 is 0 Å². The van der Waals surface area contributed by atoms with Gasteiger partial charge >= 0.3 is 0 Å². The first kappa shape index (κ1) is 12.9. The van der Waals surface area contributed by atoms with E-state index < -0.39 is 0 Å². The van der Waals surface area contributed by atoms with E-state index in [0.29, 0.717) is 12.6 Å². The molecular formula is C12H25NO2. The van der Waals surface area contributed by atoms with E-state index in [4.69, 9.17) is 4.74 Å². The summed E-state index contributed by atoms with van der Waals surface area (Å²) in [4.78, 5) is 0. The standard InChI is InChI=1S/C12H25NO2/c1-3-4-12(10-5-6-10)13-8-7-11(14)9-15-2/h10-14H,3-9H2,1-2H3. The van der Waals surface area contributed by atoms with Gasteiger partial charge in [-0.25, -0.2) is 0 Å². The molecule has 0 saturated heterocycles. The Labute approximate surface area is 93.2 Å². The molecule has 0 aromatic rings. The molecule has 0 amide bonds. The van der Waals surface area contributed by atoms with E-state index in [2.05, 4.69) is 12.2 Å². The number of aliphatic hydroxyl groups excluding tert-OH is 1. The molecule has 0 spiro atoms. The summed E-state index contributed by atoms with van der Waals surface area (Å²) in [6.45, 7) is 3.59. The second-order valence-electron chi connectivity index (χ2n) is 4.58. The van der Waals surface area contributed by atoms with Crippen LogP contribution < -0.4 is 5.32 Å². The lowest BCUT2D eigenvalue weighted by atomic mass is 10.1. The van der Waals surface area contributed by atoms with E-state index in [1.807, 2.05) is 0 Å². The van der Waals surface area contributed by atoms with Gasteiger partial charge in [-0.1, -0.05) is 13.3 Å². The van der Waals surface area contributed by atoms with Gasteiger partial charge in [0.25, 0.3) is 0 Å². The summed E-state index contributed by atoms with van der Waals surface area (Å²) in [5, 5.41) is 13.0. The molecule has 0 aliphatic heterocycles. The van der Waals surface area contributed by atoms with Crippen molar-refractivity contribution in [2.24, 2.45) is 5.92 Å². The molecule has 2 atom stereocenters. The Kier molecular flexibility index (Phi) is 6.22. The second-order valence-corrected chi connectivity index (χ2v) is 4.58. The van der Waals surface area contributed by atoms with Gasteiger partial charge in [-0.2, -0.15) is 0 Å². The van der Waals surface area contributed by atoms with Gasteiger partial charge in [0.05, 0.1) is 12.7 Å². The summed E-state index contributed by atoms with van der Waals surface area (Å²) in [5.74, 6) is 0.907. The fourth-order valence-corrected chi connectivity index (χ4v) is 2.03. The van der Waals surface area contributed by atoms with E-state index in [-0.39, 0.29) is 6.10 Å². The summed E-state index contributed by atoms with van der Waals surface area (Å²) in [6, 6.07) is 0.685. The number of rotatable bonds is 9. The monoisotopic (exact) mass is 215 g/mol. The Balaban J connectivity index is 2.05. The molecule has 0 heterocycles. The maximum Gasteiger partial charge on any atom is 0.0785 e. The molecule has 1 rings (SSSR count). The minimum absolute atomic E-state index is 0.316. The average molecular weight is 215 g/mol. The van der Waals surface area contributed by atoms with Crippen LogP contribution in [0, 0.1) is 5.92 Å². The zero-order valence-corrected chi connectivity index (χ0v) is 10.0. The van der Waals surface area contributed by atoms with Crippen LogP contribution in [0.25, 0.3) is 0 Å². The van der Waals surface area contributed by atoms with Crippen LogP contribution in [-0.2, 0) is 4.74 Å². The summed E-state index contributed by atoms with van der Waals surface area (Å²) >= 11 is 0. The normalized spacial score (nSPS) is 20.2. The lowest BCUT2D eigenvalue weighted by molar-refractivity contribution is 0.0588. The highest BCUT2D eigenvalue weighted by atomic mass is 16.5. The number of ether oxygens (including phenoxy) is 1. The zero-order valence-electron chi connectivity index (χ0n) is 10.0. The maximum absolute atomic E-state index is 9.48. The van der Waals surface area contributed by atoms with Gasteiger partial charge in [-0.3, -0.25) is 0 Å². The summed E-state index contributed by atoms with van der Waals surface area (Å²) in [5.41, 5.74) is 0. The Morgan fingerprint density at radius 1 is 1.40 bits per heavy atom. The van der Waals surface area contributed by atoms with Crippen LogP contribution in [0.3, 0.4) is 0 Å². The number of nitrogens with one attached hydrogen (secondary N) is 1. The van der Waals surface area contributed by atoms with Crippen LogP contribution in [0.4, 0.5) is 0 Å². The molecule has 1 fully saturated rings. The third-order valence-corrected chi connectivity index (χ3v) is 3.03. The van der Waals surface area contributed by atoms with E-state index in [1.165, 1.54) is 25.7 Å². The summed E-state index contributed by atoms with van der Waals surface area (Å²) in [7, 11) is 1.63. The second kappa shape index (κ2) is 7.20. The van der Waals surface area contributed by atoms with Crippen molar-refractivity contribution in [3.8, 4) is 0 Å². The lowest BCUT2D eigenvalue weighted by Gasteiger charge is -2.18. The summed E-state index contributed by atoms with van der Waals surface area (Å²) in [6.07, 6.45) is 5.76. The van der Waals surface area contributed by atoms with Crippen molar-refractivity contribution in [3.05, 3.63) is 0 Å². The number of aliphatic hydroxyl groups is 1. The van der Waals surface area contributed by atoms with E-state index >= 15 is 0 Å². The Morgan fingerprint density at radius 3 is 2.67 bits per heavy atom. The minimum Gasteiger partial charge on any atom is -0.391 e. The molecule has 15 heavy (non-hydrogen) atoms. The first-order chi connectivity index (χ1) is 7.27. The van der Waals surface area contributed by atoms with Crippen LogP contribution in [0.2, 0.25) is 0 Å². The molecule has 3 nitrogen and oxygen atoms in total. The maximum atomic E-state index is 9.48. The fraction of sp³-hybridized carbons (Fsp3) is 1.00. The summed E-state index contributed by atoms with van der Waals surface area (Å²) < 4.78 is 4.89. The smallest absolute Gasteiger partial charge is 0.0785 e. The largest absolute Gasteiger partial charge is 0.391 e. The first-order valence-electron chi connectivity index (χ1n) is 6.18.